The van der Waals surface area contributed by atoms with Crippen LogP contribution in [0.2, 0.25) is 0 Å². The van der Waals surface area contributed by atoms with Crippen LogP contribution >= 0.6 is 0 Å². The summed E-state index contributed by atoms with van der Waals surface area (Å²) >= 11 is 0. The Bertz CT molecular complexity index is 670. The maximum atomic E-state index is 6.01. The third-order valence-electron chi connectivity index (χ3n) is 3.36. The number of furan rings is 1. The van der Waals surface area contributed by atoms with Gasteiger partial charge in [-0.25, -0.2) is 0 Å². The number of hydrogen-bond donors (Lipinski definition) is 2. The van der Waals surface area contributed by atoms with Gasteiger partial charge in [-0.2, -0.15) is 5.10 Å². The zero-order valence-corrected chi connectivity index (χ0v) is 11.1. The van der Waals surface area contributed by atoms with E-state index in [1.807, 2.05) is 18.3 Å². The standard InChI is InChI=1S/C15H17N3O/c1-3-12-13-6-4-5-7-14(13)19-15(12)10(2)18-11-8-16-17-9-11/h4-10,18H,3H2,1-2H3,(H,16,17). The van der Waals surface area contributed by atoms with Crippen molar-refractivity contribution < 1.29 is 4.42 Å². The van der Waals surface area contributed by atoms with Gasteiger partial charge in [-0.1, -0.05) is 25.1 Å². The summed E-state index contributed by atoms with van der Waals surface area (Å²) in [5.74, 6) is 1.00. The van der Waals surface area contributed by atoms with E-state index in [0.29, 0.717) is 0 Å². The first-order chi connectivity index (χ1) is 9.29. The lowest BCUT2D eigenvalue weighted by Gasteiger charge is -2.12. The number of para-hydroxylation sites is 1. The Hall–Kier alpha value is -2.23. The number of rotatable bonds is 4. The predicted molar refractivity (Wildman–Crippen MR) is 76.2 cm³/mol. The fraction of sp³-hybridized carbons (Fsp3) is 0.267. The highest BCUT2D eigenvalue weighted by Gasteiger charge is 2.18. The van der Waals surface area contributed by atoms with E-state index in [2.05, 4.69) is 41.5 Å². The van der Waals surface area contributed by atoms with E-state index in [1.165, 1.54) is 10.9 Å². The first kappa shape index (κ1) is 11.8. The van der Waals surface area contributed by atoms with Crippen LogP contribution in [0.25, 0.3) is 11.0 Å². The molecule has 0 spiro atoms. The van der Waals surface area contributed by atoms with Gasteiger partial charge in [-0.05, 0) is 19.4 Å². The van der Waals surface area contributed by atoms with Crippen LogP contribution < -0.4 is 5.32 Å². The Kier molecular flexibility index (Phi) is 2.99. The molecule has 0 fully saturated rings. The van der Waals surface area contributed by atoms with Gasteiger partial charge in [0.1, 0.15) is 11.3 Å². The van der Waals surface area contributed by atoms with Crippen molar-refractivity contribution in [2.45, 2.75) is 26.3 Å². The molecule has 4 heteroatoms. The Morgan fingerprint density at radius 2 is 2.21 bits per heavy atom. The molecule has 2 N–H and O–H groups in total. The maximum Gasteiger partial charge on any atom is 0.134 e. The molecule has 0 saturated carbocycles. The van der Waals surface area contributed by atoms with Crippen LogP contribution in [0.3, 0.4) is 0 Å². The molecule has 2 heterocycles. The van der Waals surface area contributed by atoms with Gasteiger partial charge >= 0.3 is 0 Å². The summed E-state index contributed by atoms with van der Waals surface area (Å²) in [4.78, 5) is 0. The second kappa shape index (κ2) is 4.80. The predicted octanol–water partition coefficient (Wildman–Crippen LogP) is 3.89. The summed E-state index contributed by atoms with van der Waals surface area (Å²) in [6.07, 6.45) is 4.57. The lowest BCUT2D eigenvalue weighted by Crippen LogP contribution is -2.06. The molecule has 1 atom stereocenters. The topological polar surface area (TPSA) is 53.9 Å². The molecule has 0 amide bonds. The van der Waals surface area contributed by atoms with Gasteiger partial charge in [0.2, 0.25) is 0 Å². The van der Waals surface area contributed by atoms with Crippen molar-refractivity contribution in [1.82, 2.24) is 10.2 Å². The van der Waals surface area contributed by atoms with E-state index in [4.69, 9.17) is 4.42 Å². The number of anilines is 1. The quantitative estimate of drug-likeness (QED) is 0.743. The average Bonchev–Trinajstić information content (AvgIpc) is 3.04. The average molecular weight is 255 g/mol. The Labute approximate surface area is 111 Å². The summed E-state index contributed by atoms with van der Waals surface area (Å²) in [6.45, 7) is 4.26. The molecule has 4 nitrogen and oxygen atoms in total. The highest BCUT2D eigenvalue weighted by Crippen LogP contribution is 2.31. The van der Waals surface area contributed by atoms with E-state index in [0.717, 1.165) is 23.5 Å². The second-order valence-electron chi connectivity index (χ2n) is 4.65. The molecular formula is C15H17N3O. The Morgan fingerprint density at radius 1 is 1.37 bits per heavy atom. The van der Waals surface area contributed by atoms with Crippen molar-refractivity contribution in [3.63, 3.8) is 0 Å². The molecule has 2 aromatic heterocycles. The van der Waals surface area contributed by atoms with Crippen molar-refractivity contribution in [2.75, 3.05) is 5.32 Å². The first-order valence-electron chi connectivity index (χ1n) is 6.55. The largest absolute Gasteiger partial charge is 0.459 e. The van der Waals surface area contributed by atoms with E-state index < -0.39 is 0 Å². The van der Waals surface area contributed by atoms with Gasteiger partial charge in [-0.15, -0.1) is 0 Å². The summed E-state index contributed by atoms with van der Waals surface area (Å²) in [5, 5.41) is 11.3. The number of aryl methyl sites for hydroxylation is 1. The van der Waals surface area contributed by atoms with Crippen molar-refractivity contribution in [2.24, 2.45) is 0 Å². The third-order valence-corrected chi connectivity index (χ3v) is 3.36. The monoisotopic (exact) mass is 255 g/mol. The first-order valence-corrected chi connectivity index (χ1v) is 6.55. The van der Waals surface area contributed by atoms with E-state index in [9.17, 15) is 0 Å². The molecule has 0 radical (unpaired) electrons. The minimum Gasteiger partial charge on any atom is -0.459 e. The van der Waals surface area contributed by atoms with Crippen LogP contribution in [0.4, 0.5) is 5.69 Å². The lowest BCUT2D eigenvalue weighted by molar-refractivity contribution is 0.520. The van der Waals surface area contributed by atoms with Crippen molar-refractivity contribution in [1.29, 1.82) is 0 Å². The molecule has 0 bridgehead atoms. The van der Waals surface area contributed by atoms with Crippen LogP contribution in [0.5, 0.6) is 0 Å². The third kappa shape index (κ3) is 2.10. The number of aromatic amines is 1. The molecule has 3 aromatic rings. The highest BCUT2D eigenvalue weighted by molar-refractivity contribution is 5.82. The second-order valence-corrected chi connectivity index (χ2v) is 4.65. The minimum atomic E-state index is 0.111. The van der Waals surface area contributed by atoms with Gasteiger partial charge in [-0.3, -0.25) is 5.10 Å². The minimum absolute atomic E-state index is 0.111. The van der Waals surface area contributed by atoms with Crippen LogP contribution in [-0.2, 0) is 6.42 Å². The molecular weight excluding hydrogens is 238 g/mol. The molecule has 0 aliphatic heterocycles. The van der Waals surface area contributed by atoms with Gasteiger partial charge in [0, 0.05) is 17.1 Å². The fourth-order valence-electron chi connectivity index (χ4n) is 2.48. The summed E-state index contributed by atoms with van der Waals surface area (Å²) in [6, 6.07) is 8.30. The number of aromatic nitrogens is 2. The van der Waals surface area contributed by atoms with Crippen molar-refractivity contribution in [3.05, 3.63) is 48.0 Å². The summed E-state index contributed by atoms with van der Waals surface area (Å²) in [5.41, 5.74) is 3.20. The van der Waals surface area contributed by atoms with E-state index in [-0.39, 0.29) is 6.04 Å². The SMILES string of the molecule is CCc1c(C(C)Nc2cn[nH]c2)oc2ccccc12. The normalized spacial score (nSPS) is 12.7. The number of hydrogen-bond acceptors (Lipinski definition) is 3. The molecule has 98 valence electrons. The lowest BCUT2D eigenvalue weighted by atomic mass is 10.1. The number of benzene rings is 1. The summed E-state index contributed by atoms with van der Waals surface area (Å²) < 4.78 is 6.01. The van der Waals surface area contributed by atoms with E-state index in [1.54, 1.807) is 6.20 Å². The van der Waals surface area contributed by atoms with Crippen molar-refractivity contribution in [3.8, 4) is 0 Å². The van der Waals surface area contributed by atoms with Crippen LogP contribution in [0, 0.1) is 0 Å². The van der Waals surface area contributed by atoms with E-state index >= 15 is 0 Å². The molecule has 3 rings (SSSR count). The highest BCUT2D eigenvalue weighted by atomic mass is 16.3. The maximum absolute atomic E-state index is 6.01. The van der Waals surface area contributed by atoms with Crippen molar-refractivity contribution >= 4 is 16.7 Å². The number of nitrogens with one attached hydrogen (secondary N) is 2. The molecule has 1 aromatic carbocycles. The van der Waals surface area contributed by atoms with Crippen LogP contribution in [-0.4, -0.2) is 10.2 Å². The van der Waals surface area contributed by atoms with Gasteiger partial charge in [0.15, 0.2) is 0 Å². The smallest absolute Gasteiger partial charge is 0.134 e. The molecule has 0 aliphatic rings. The molecule has 1 unspecified atom stereocenters. The number of nitrogens with zero attached hydrogens (tertiary/aromatic N) is 1. The Morgan fingerprint density at radius 3 is 2.95 bits per heavy atom. The summed E-state index contributed by atoms with van der Waals surface area (Å²) in [7, 11) is 0. The van der Waals surface area contributed by atoms with Gasteiger partial charge in [0.25, 0.3) is 0 Å². The molecule has 19 heavy (non-hydrogen) atoms. The van der Waals surface area contributed by atoms with Crippen LogP contribution in [0.15, 0.2) is 41.1 Å². The molecule has 0 saturated heterocycles. The molecule has 0 aliphatic carbocycles. The Balaban J connectivity index is 1.99. The fourth-order valence-corrected chi connectivity index (χ4v) is 2.48. The van der Waals surface area contributed by atoms with Gasteiger partial charge < -0.3 is 9.73 Å². The number of fused-ring (bicyclic) bond motifs is 1. The van der Waals surface area contributed by atoms with Crippen LogP contribution in [0.1, 0.15) is 31.2 Å². The van der Waals surface area contributed by atoms with Gasteiger partial charge in [0.05, 0.1) is 17.9 Å². The zero-order valence-electron chi connectivity index (χ0n) is 11.1. The zero-order chi connectivity index (χ0) is 13.2. The number of H-pyrrole nitrogens is 1.